The Bertz CT molecular complexity index is 522. The highest BCUT2D eigenvalue weighted by atomic mass is 16.5. The lowest BCUT2D eigenvalue weighted by Crippen LogP contribution is -2.38. The molecule has 1 amide bonds. The van der Waals surface area contributed by atoms with Crippen LogP contribution in [0.5, 0.6) is 17.2 Å². The summed E-state index contributed by atoms with van der Waals surface area (Å²) in [5.74, 6) is 0.126. The van der Waals surface area contributed by atoms with E-state index >= 15 is 0 Å². The van der Waals surface area contributed by atoms with Crippen LogP contribution in [0.25, 0.3) is 0 Å². The molecule has 22 heavy (non-hydrogen) atoms. The number of ether oxygens (including phenoxy) is 2. The quantitative estimate of drug-likeness (QED) is 0.702. The zero-order valence-corrected chi connectivity index (χ0v) is 12.7. The molecule has 0 aliphatic carbocycles. The van der Waals surface area contributed by atoms with Crippen molar-refractivity contribution in [2.45, 2.75) is 25.0 Å². The largest absolute Gasteiger partial charge is 0.502 e. The molecule has 122 valence electrons. The van der Waals surface area contributed by atoms with E-state index in [2.05, 4.69) is 0 Å². The smallest absolute Gasteiger partial charge is 0.227 e. The van der Waals surface area contributed by atoms with Gasteiger partial charge in [0.05, 0.1) is 39.4 Å². The molecule has 1 aromatic carbocycles. The third kappa shape index (κ3) is 3.26. The van der Waals surface area contributed by atoms with Gasteiger partial charge in [-0.05, 0) is 24.1 Å². The highest BCUT2D eigenvalue weighted by molar-refractivity contribution is 5.80. The molecule has 0 spiro atoms. The van der Waals surface area contributed by atoms with Gasteiger partial charge >= 0.3 is 0 Å². The van der Waals surface area contributed by atoms with E-state index in [1.807, 2.05) is 0 Å². The van der Waals surface area contributed by atoms with Crippen LogP contribution in [0.4, 0.5) is 0 Å². The summed E-state index contributed by atoms with van der Waals surface area (Å²) in [4.78, 5) is 13.9. The minimum absolute atomic E-state index is 0.0657. The van der Waals surface area contributed by atoms with E-state index in [0.29, 0.717) is 12.0 Å². The molecule has 1 fully saturated rings. The summed E-state index contributed by atoms with van der Waals surface area (Å²) in [6.45, 7) is 0.0431. The van der Waals surface area contributed by atoms with Crippen molar-refractivity contribution in [3.05, 3.63) is 17.7 Å². The molecule has 1 aliphatic heterocycles. The van der Waals surface area contributed by atoms with Gasteiger partial charge in [-0.3, -0.25) is 4.79 Å². The van der Waals surface area contributed by atoms with Crippen LogP contribution in [0.15, 0.2) is 12.1 Å². The molecule has 1 aromatic rings. The number of hydrogen-bond acceptors (Lipinski definition) is 6. The number of phenolic OH excluding ortho intramolecular Hbond substituents is 1. The van der Waals surface area contributed by atoms with Gasteiger partial charge in [-0.15, -0.1) is 0 Å². The molecule has 1 aliphatic rings. The van der Waals surface area contributed by atoms with E-state index in [9.17, 15) is 20.1 Å². The molecule has 1 heterocycles. The Balaban J connectivity index is 2.18. The van der Waals surface area contributed by atoms with Crippen molar-refractivity contribution in [3.8, 4) is 17.2 Å². The number of aliphatic hydroxyl groups is 2. The second kappa shape index (κ2) is 6.85. The van der Waals surface area contributed by atoms with Gasteiger partial charge in [0.25, 0.3) is 0 Å². The molecule has 3 N–H and O–H groups in total. The maximum absolute atomic E-state index is 12.4. The summed E-state index contributed by atoms with van der Waals surface area (Å²) in [6.07, 6.45) is -0.161. The Morgan fingerprint density at radius 2 is 1.91 bits per heavy atom. The summed E-state index contributed by atoms with van der Waals surface area (Å²) in [6, 6.07) is 2.77. The Morgan fingerprint density at radius 3 is 2.41 bits per heavy atom. The molecular weight excluding hydrogens is 290 g/mol. The fourth-order valence-corrected chi connectivity index (χ4v) is 2.70. The minimum Gasteiger partial charge on any atom is -0.502 e. The van der Waals surface area contributed by atoms with Crippen molar-refractivity contribution >= 4 is 5.91 Å². The number of carbonyl (C=O) groups excluding carboxylic acids is 1. The van der Waals surface area contributed by atoms with Crippen LogP contribution in [-0.2, 0) is 11.2 Å². The summed E-state index contributed by atoms with van der Waals surface area (Å²) < 4.78 is 10.1. The molecular formula is C15H21NO6. The normalized spacial score (nSPS) is 21.0. The summed E-state index contributed by atoms with van der Waals surface area (Å²) in [7, 11) is 2.83. The van der Waals surface area contributed by atoms with Crippen molar-refractivity contribution in [1.82, 2.24) is 4.90 Å². The van der Waals surface area contributed by atoms with Gasteiger partial charge in [0.15, 0.2) is 11.5 Å². The number of nitrogens with zero attached hydrogens (tertiary/aromatic N) is 1. The molecule has 0 unspecified atom stereocenters. The topological polar surface area (TPSA) is 99.5 Å². The van der Waals surface area contributed by atoms with E-state index in [4.69, 9.17) is 9.47 Å². The zero-order chi connectivity index (χ0) is 16.3. The predicted molar refractivity (Wildman–Crippen MR) is 78.1 cm³/mol. The lowest BCUT2D eigenvalue weighted by atomic mass is 10.1. The first kappa shape index (κ1) is 16.4. The number of methoxy groups -OCH3 is 2. The molecule has 0 radical (unpaired) electrons. The number of benzene rings is 1. The van der Waals surface area contributed by atoms with Crippen molar-refractivity contribution in [1.29, 1.82) is 0 Å². The molecule has 0 bridgehead atoms. The van der Waals surface area contributed by atoms with Gasteiger partial charge in [-0.1, -0.05) is 0 Å². The molecule has 1 saturated heterocycles. The second-order valence-corrected chi connectivity index (χ2v) is 5.30. The van der Waals surface area contributed by atoms with Gasteiger partial charge in [0.2, 0.25) is 11.7 Å². The predicted octanol–water partition coefficient (Wildman–Crippen LogP) is -0.0940. The van der Waals surface area contributed by atoms with Crippen molar-refractivity contribution in [3.63, 3.8) is 0 Å². The lowest BCUT2D eigenvalue weighted by Gasteiger charge is -2.23. The molecule has 2 rings (SSSR count). The zero-order valence-electron chi connectivity index (χ0n) is 12.7. The number of hydrogen-bond donors (Lipinski definition) is 3. The summed E-state index contributed by atoms with van der Waals surface area (Å²) >= 11 is 0. The molecule has 2 atom stereocenters. The van der Waals surface area contributed by atoms with Crippen LogP contribution in [0, 0.1) is 0 Å². The number of β-amino-alcohol motifs (C(OH)–C–C–N with tert-alkyl or cyclic N) is 1. The number of aliphatic hydroxyl groups excluding tert-OH is 2. The van der Waals surface area contributed by atoms with Crippen LogP contribution < -0.4 is 9.47 Å². The van der Waals surface area contributed by atoms with Gasteiger partial charge in [-0.25, -0.2) is 0 Å². The first-order valence-electron chi connectivity index (χ1n) is 7.02. The van der Waals surface area contributed by atoms with Crippen LogP contribution >= 0.6 is 0 Å². The molecule has 0 saturated carbocycles. The number of likely N-dealkylation sites (tertiary alicyclic amines) is 1. The second-order valence-electron chi connectivity index (χ2n) is 5.30. The van der Waals surface area contributed by atoms with Crippen LogP contribution in [0.1, 0.15) is 12.0 Å². The Labute approximate surface area is 128 Å². The van der Waals surface area contributed by atoms with E-state index in [1.54, 1.807) is 12.1 Å². The van der Waals surface area contributed by atoms with Gasteiger partial charge in [0, 0.05) is 6.54 Å². The Kier molecular flexibility index (Phi) is 5.10. The number of amides is 1. The standard InChI is InChI=1S/C15H21NO6/c1-21-12-3-9(4-13(22-2)15(12)20)5-14(19)16-7-11(18)6-10(16)8-17/h3-4,10-11,17-18,20H,5-8H2,1-2H3/t10-,11-/m0/s1. The first-order valence-corrected chi connectivity index (χ1v) is 7.02. The van der Waals surface area contributed by atoms with Crippen molar-refractivity contribution in [2.75, 3.05) is 27.4 Å². The number of phenols is 1. The average molecular weight is 311 g/mol. The molecule has 7 nitrogen and oxygen atoms in total. The van der Waals surface area contributed by atoms with Crippen molar-refractivity contribution < 1.29 is 29.6 Å². The fourth-order valence-electron chi connectivity index (χ4n) is 2.70. The molecule has 0 aromatic heterocycles. The van der Waals surface area contributed by atoms with E-state index < -0.39 is 6.10 Å². The Morgan fingerprint density at radius 1 is 1.32 bits per heavy atom. The van der Waals surface area contributed by atoms with Crippen molar-refractivity contribution in [2.24, 2.45) is 0 Å². The van der Waals surface area contributed by atoms with Crippen LogP contribution in [0.2, 0.25) is 0 Å². The van der Waals surface area contributed by atoms with E-state index in [0.717, 1.165) is 0 Å². The van der Waals surface area contributed by atoms with E-state index in [1.165, 1.54) is 19.1 Å². The lowest BCUT2D eigenvalue weighted by molar-refractivity contribution is -0.132. The SMILES string of the molecule is COc1cc(CC(=O)N2C[C@@H](O)C[C@H]2CO)cc(OC)c1O. The number of rotatable bonds is 5. The number of aromatic hydroxyl groups is 1. The summed E-state index contributed by atoms with van der Waals surface area (Å²) in [5, 5.41) is 28.8. The maximum Gasteiger partial charge on any atom is 0.227 e. The number of carbonyl (C=O) groups is 1. The average Bonchev–Trinajstić information content (AvgIpc) is 2.89. The summed E-state index contributed by atoms with van der Waals surface area (Å²) in [5.41, 5.74) is 0.620. The molecule has 7 heteroatoms. The maximum atomic E-state index is 12.4. The van der Waals surface area contributed by atoms with E-state index in [-0.39, 0.29) is 48.8 Å². The van der Waals surface area contributed by atoms with Gasteiger partial charge < -0.3 is 29.7 Å². The van der Waals surface area contributed by atoms with Crippen LogP contribution in [-0.4, -0.2) is 65.6 Å². The third-order valence-corrected chi connectivity index (χ3v) is 3.82. The van der Waals surface area contributed by atoms with Gasteiger partial charge in [0.1, 0.15) is 0 Å². The highest BCUT2D eigenvalue weighted by Crippen LogP contribution is 2.37. The Hall–Kier alpha value is -1.99. The van der Waals surface area contributed by atoms with Crippen LogP contribution in [0.3, 0.4) is 0 Å². The third-order valence-electron chi connectivity index (χ3n) is 3.82. The minimum atomic E-state index is -0.606. The van der Waals surface area contributed by atoms with Gasteiger partial charge in [-0.2, -0.15) is 0 Å². The fraction of sp³-hybridized carbons (Fsp3) is 0.533. The monoisotopic (exact) mass is 311 g/mol. The first-order chi connectivity index (χ1) is 10.5. The highest BCUT2D eigenvalue weighted by Gasteiger charge is 2.33.